The summed E-state index contributed by atoms with van der Waals surface area (Å²) in [6.45, 7) is 2.94. The number of benzene rings is 2. The Morgan fingerprint density at radius 3 is 2.51 bits per heavy atom. The molecule has 0 aromatic heterocycles. The molecule has 7 nitrogen and oxygen atoms in total. The van der Waals surface area contributed by atoms with Crippen LogP contribution in [-0.2, 0) is 31.2 Å². The lowest BCUT2D eigenvalue weighted by Gasteiger charge is -2.40. The van der Waals surface area contributed by atoms with Crippen LogP contribution in [0.4, 0.5) is 4.39 Å². The topological polar surface area (TPSA) is 105 Å². The average molecular weight is 531 g/mol. The number of aliphatic hydroxyl groups excluding tert-OH is 1. The van der Waals surface area contributed by atoms with Crippen LogP contribution in [0.3, 0.4) is 0 Å². The first-order valence-corrected chi connectivity index (χ1v) is 14.7. The third-order valence-electron chi connectivity index (χ3n) is 8.43. The Morgan fingerprint density at radius 2 is 1.86 bits per heavy atom. The molecule has 2 heterocycles. The maximum Gasteiger partial charge on any atom is 0.231 e. The lowest BCUT2D eigenvalue weighted by Crippen LogP contribution is -2.55. The molecule has 0 bridgehead atoms. The molecule has 3 aliphatic rings. The number of carbonyl (C=O) groups excluding carboxylic acids is 1. The predicted molar refractivity (Wildman–Crippen MR) is 138 cm³/mol. The van der Waals surface area contributed by atoms with Gasteiger partial charge in [0.05, 0.1) is 22.0 Å². The lowest BCUT2D eigenvalue weighted by molar-refractivity contribution is -0.132. The predicted octanol–water partition coefficient (Wildman–Crippen LogP) is 2.57. The standard InChI is InChI=1S/C28H35FN2O5S/c1-18-25(37(34,35)26(17-30-18)19-5-3-2-4-6-19)13-20-7-8-21(14-24(20)29)28(9-11-36-12-10-28)27(33)31-22-15-23(32)16-22/h2-8,14,18,22-23,25-26,30,32H,9-13,15-17H2,1H3,(H,31,33)/t18-,22?,23?,25?,26-/m0/s1. The summed E-state index contributed by atoms with van der Waals surface area (Å²) < 4.78 is 48.3. The summed E-state index contributed by atoms with van der Waals surface area (Å²) in [5, 5.41) is 14.5. The second-order valence-corrected chi connectivity index (χ2v) is 13.1. The highest BCUT2D eigenvalue weighted by molar-refractivity contribution is 7.92. The zero-order valence-electron chi connectivity index (χ0n) is 21.0. The Balaban J connectivity index is 1.39. The van der Waals surface area contributed by atoms with Crippen LogP contribution in [0.2, 0.25) is 0 Å². The van der Waals surface area contributed by atoms with Gasteiger partial charge in [0.1, 0.15) is 5.82 Å². The minimum atomic E-state index is -3.58. The third kappa shape index (κ3) is 5.06. The Labute approximate surface area is 217 Å². The van der Waals surface area contributed by atoms with Crippen LogP contribution < -0.4 is 10.6 Å². The van der Waals surface area contributed by atoms with Crippen LogP contribution in [-0.4, -0.2) is 62.6 Å². The van der Waals surface area contributed by atoms with Gasteiger partial charge in [-0.05, 0) is 61.8 Å². The Kier molecular flexibility index (Phi) is 7.42. The molecule has 1 aliphatic carbocycles. The number of sulfone groups is 1. The first-order chi connectivity index (χ1) is 17.7. The van der Waals surface area contributed by atoms with Crippen molar-refractivity contribution < 1.29 is 27.4 Å². The molecule has 2 aliphatic heterocycles. The molecular formula is C28H35FN2O5S. The van der Waals surface area contributed by atoms with Crippen molar-refractivity contribution in [3.8, 4) is 0 Å². The van der Waals surface area contributed by atoms with Gasteiger partial charge in [0, 0.05) is 31.8 Å². The summed E-state index contributed by atoms with van der Waals surface area (Å²) >= 11 is 0. The summed E-state index contributed by atoms with van der Waals surface area (Å²) in [6.07, 6.45) is 1.58. The third-order valence-corrected chi connectivity index (χ3v) is 11.1. The number of rotatable bonds is 6. The largest absolute Gasteiger partial charge is 0.393 e. The van der Waals surface area contributed by atoms with Crippen molar-refractivity contribution in [3.63, 3.8) is 0 Å². The zero-order valence-corrected chi connectivity index (χ0v) is 21.8. The van der Waals surface area contributed by atoms with Crippen LogP contribution in [0, 0.1) is 5.82 Å². The first kappa shape index (κ1) is 26.3. The molecule has 1 amide bonds. The lowest BCUT2D eigenvalue weighted by atomic mass is 9.72. The van der Waals surface area contributed by atoms with Gasteiger partial charge >= 0.3 is 0 Å². The van der Waals surface area contributed by atoms with Gasteiger partial charge in [-0.2, -0.15) is 0 Å². The van der Waals surface area contributed by atoms with Crippen LogP contribution in [0.15, 0.2) is 48.5 Å². The highest BCUT2D eigenvalue weighted by Crippen LogP contribution is 2.38. The van der Waals surface area contributed by atoms with Crippen molar-refractivity contribution in [1.82, 2.24) is 10.6 Å². The molecular weight excluding hydrogens is 495 g/mol. The number of amides is 1. The first-order valence-electron chi connectivity index (χ1n) is 13.1. The Bertz CT molecular complexity index is 1230. The summed E-state index contributed by atoms with van der Waals surface area (Å²) in [6, 6.07) is 13.5. The van der Waals surface area contributed by atoms with Crippen LogP contribution in [0.1, 0.15) is 54.5 Å². The van der Waals surface area contributed by atoms with Crippen molar-refractivity contribution >= 4 is 15.7 Å². The van der Waals surface area contributed by atoms with Gasteiger partial charge in [-0.25, -0.2) is 12.8 Å². The molecule has 0 radical (unpaired) electrons. The van der Waals surface area contributed by atoms with Gasteiger partial charge in [-0.15, -0.1) is 0 Å². The molecule has 9 heteroatoms. The van der Waals surface area contributed by atoms with E-state index in [0.717, 1.165) is 5.56 Å². The Morgan fingerprint density at radius 1 is 1.16 bits per heavy atom. The number of aliphatic hydroxyl groups is 1. The Hall–Kier alpha value is -2.33. The van der Waals surface area contributed by atoms with E-state index in [9.17, 15) is 18.3 Å². The molecule has 2 aromatic rings. The van der Waals surface area contributed by atoms with Crippen molar-refractivity contribution in [2.75, 3.05) is 19.8 Å². The van der Waals surface area contributed by atoms with Crippen LogP contribution in [0.5, 0.6) is 0 Å². The maximum atomic E-state index is 15.6. The van der Waals surface area contributed by atoms with E-state index in [4.69, 9.17) is 4.74 Å². The van der Waals surface area contributed by atoms with E-state index in [-0.39, 0.29) is 30.5 Å². The number of carbonyl (C=O) groups is 1. The highest BCUT2D eigenvalue weighted by Gasteiger charge is 2.45. The summed E-state index contributed by atoms with van der Waals surface area (Å²) in [7, 11) is -3.58. The fourth-order valence-electron chi connectivity index (χ4n) is 5.93. The summed E-state index contributed by atoms with van der Waals surface area (Å²) in [5.41, 5.74) is 0.718. The molecule has 200 valence electrons. The molecule has 5 rings (SSSR count). The van der Waals surface area contributed by atoms with Gasteiger partial charge in [-0.3, -0.25) is 4.79 Å². The van der Waals surface area contributed by atoms with Gasteiger partial charge in [0.25, 0.3) is 0 Å². The van der Waals surface area contributed by atoms with Crippen molar-refractivity contribution in [1.29, 1.82) is 0 Å². The van der Waals surface area contributed by atoms with E-state index >= 15 is 4.39 Å². The maximum absolute atomic E-state index is 15.6. The average Bonchev–Trinajstić information content (AvgIpc) is 2.87. The van der Waals surface area contributed by atoms with Crippen molar-refractivity contribution in [2.24, 2.45) is 0 Å². The zero-order chi connectivity index (χ0) is 26.2. The van der Waals surface area contributed by atoms with E-state index in [2.05, 4.69) is 10.6 Å². The van der Waals surface area contributed by atoms with Gasteiger partial charge in [0.2, 0.25) is 5.91 Å². The normalized spacial score (nSPS) is 30.7. The smallest absolute Gasteiger partial charge is 0.231 e. The van der Waals surface area contributed by atoms with E-state index in [1.54, 1.807) is 12.1 Å². The molecule has 2 saturated heterocycles. The highest BCUT2D eigenvalue weighted by atomic mass is 32.2. The number of nitrogens with one attached hydrogen (secondary N) is 2. The summed E-state index contributed by atoms with van der Waals surface area (Å²) in [4.78, 5) is 13.4. The summed E-state index contributed by atoms with van der Waals surface area (Å²) in [5.74, 6) is -0.669. The fraction of sp³-hybridized carbons (Fsp3) is 0.536. The molecule has 3 fully saturated rings. The molecule has 2 aromatic carbocycles. The van der Waals surface area contributed by atoms with Crippen molar-refractivity contribution in [2.45, 2.75) is 73.1 Å². The van der Waals surface area contributed by atoms with Crippen LogP contribution in [0.25, 0.3) is 0 Å². The second kappa shape index (κ2) is 10.4. The molecule has 37 heavy (non-hydrogen) atoms. The van der Waals surface area contributed by atoms with Gasteiger partial charge in [-0.1, -0.05) is 42.5 Å². The van der Waals surface area contributed by atoms with E-state index in [0.29, 0.717) is 56.6 Å². The minimum absolute atomic E-state index is 0.0498. The van der Waals surface area contributed by atoms with Crippen molar-refractivity contribution in [3.05, 3.63) is 71.0 Å². The number of hydrogen-bond acceptors (Lipinski definition) is 6. The van der Waals surface area contributed by atoms with E-state index in [1.807, 2.05) is 37.3 Å². The molecule has 3 N–H and O–H groups in total. The fourth-order valence-corrected chi connectivity index (χ4v) is 8.29. The quantitative estimate of drug-likeness (QED) is 0.530. The van der Waals surface area contributed by atoms with E-state index in [1.165, 1.54) is 6.07 Å². The number of halogens is 1. The van der Waals surface area contributed by atoms with Crippen LogP contribution >= 0.6 is 0 Å². The molecule has 1 unspecified atom stereocenters. The molecule has 0 spiro atoms. The minimum Gasteiger partial charge on any atom is -0.393 e. The van der Waals surface area contributed by atoms with Gasteiger partial charge < -0.3 is 20.5 Å². The second-order valence-electron chi connectivity index (χ2n) is 10.7. The monoisotopic (exact) mass is 530 g/mol. The van der Waals surface area contributed by atoms with Gasteiger partial charge in [0.15, 0.2) is 9.84 Å². The number of ether oxygens (including phenoxy) is 1. The number of hydrogen-bond donors (Lipinski definition) is 3. The molecule has 1 saturated carbocycles. The van der Waals surface area contributed by atoms with E-state index < -0.39 is 31.6 Å². The molecule has 3 atom stereocenters. The SMILES string of the molecule is C[C@@H]1NC[C@@H](c2ccccc2)S(=O)(=O)C1Cc1ccc(C2(C(=O)NC3CC(O)C3)CCOCC2)cc1F.